The number of anilines is 1. The lowest BCUT2D eigenvalue weighted by molar-refractivity contribution is 0.102. The Morgan fingerprint density at radius 3 is 2.37 bits per heavy atom. The minimum absolute atomic E-state index is 0.155. The van der Waals surface area contributed by atoms with Crippen LogP contribution in [0.1, 0.15) is 21.5 Å². The Balaban J connectivity index is 1.34. The highest BCUT2D eigenvalue weighted by Gasteiger charge is 2.28. The van der Waals surface area contributed by atoms with E-state index in [1.807, 2.05) is 24.3 Å². The first-order valence-electron chi connectivity index (χ1n) is 10.9. The summed E-state index contributed by atoms with van der Waals surface area (Å²) in [5, 5.41) is 3.17. The van der Waals surface area contributed by atoms with E-state index in [0.717, 1.165) is 10.3 Å². The number of ether oxygens (including phenoxy) is 2. The summed E-state index contributed by atoms with van der Waals surface area (Å²) in [6, 6.07) is 17.4. The Labute approximate surface area is 207 Å². The third kappa shape index (κ3) is 4.36. The molecule has 1 aliphatic heterocycles. The number of hydrogen-bond donors (Lipinski definition) is 1. The second-order valence-corrected chi connectivity index (χ2v) is 10.9. The van der Waals surface area contributed by atoms with Gasteiger partial charge in [0.2, 0.25) is 10.0 Å². The summed E-state index contributed by atoms with van der Waals surface area (Å²) in [5.74, 6) is 0.818. The molecule has 0 aliphatic carbocycles. The molecule has 2 heterocycles. The van der Waals surface area contributed by atoms with Crippen molar-refractivity contribution in [3.8, 4) is 11.5 Å². The molecule has 0 bridgehead atoms. The van der Waals surface area contributed by atoms with Crippen LogP contribution in [-0.2, 0) is 23.0 Å². The summed E-state index contributed by atoms with van der Waals surface area (Å²) in [4.78, 5) is 17.5. The molecule has 35 heavy (non-hydrogen) atoms. The van der Waals surface area contributed by atoms with E-state index in [9.17, 15) is 13.2 Å². The fourth-order valence-electron chi connectivity index (χ4n) is 4.11. The van der Waals surface area contributed by atoms with Crippen LogP contribution in [0.5, 0.6) is 11.5 Å². The molecule has 0 radical (unpaired) electrons. The highest BCUT2D eigenvalue weighted by atomic mass is 32.2. The summed E-state index contributed by atoms with van der Waals surface area (Å²) >= 11 is 1.27. The zero-order valence-electron chi connectivity index (χ0n) is 19.1. The number of carbonyl (C=O) groups is 1. The molecule has 1 aliphatic rings. The molecule has 0 atom stereocenters. The van der Waals surface area contributed by atoms with Gasteiger partial charge >= 0.3 is 0 Å². The number of nitrogens with one attached hydrogen (secondary N) is 1. The quantitative estimate of drug-likeness (QED) is 0.416. The Morgan fingerprint density at radius 2 is 1.66 bits per heavy atom. The van der Waals surface area contributed by atoms with Crippen LogP contribution in [0.25, 0.3) is 10.2 Å². The Bertz CT molecular complexity index is 1470. The molecule has 0 spiro atoms. The predicted molar refractivity (Wildman–Crippen MR) is 135 cm³/mol. The molecule has 10 heteroatoms. The molecule has 1 N–H and O–H groups in total. The van der Waals surface area contributed by atoms with Gasteiger partial charge in [-0.15, -0.1) is 0 Å². The number of fused-ring (bicyclic) bond motifs is 2. The highest BCUT2D eigenvalue weighted by molar-refractivity contribution is 7.89. The van der Waals surface area contributed by atoms with Gasteiger partial charge in [-0.05, 0) is 53.9 Å². The minimum atomic E-state index is -3.68. The summed E-state index contributed by atoms with van der Waals surface area (Å²) in [7, 11) is -0.556. The number of thiazole rings is 1. The first-order chi connectivity index (χ1) is 16.9. The number of rotatable bonds is 6. The molecule has 180 valence electrons. The second kappa shape index (κ2) is 9.29. The van der Waals surface area contributed by atoms with Crippen molar-refractivity contribution in [3.05, 3.63) is 77.4 Å². The molecule has 0 fully saturated rings. The van der Waals surface area contributed by atoms with Gasteiger partial charge < -0.3 is 9.47 Å². The first kappa shape index (κ1) is 23.3. The number of hydrogen-bond acceptors (Lipinski definition) is 7. The third-order valence-electron chi connectivity index (χ3n) is 5.98. The smallest absolute Gasteiger partial charge is 0.257 e. The van der Waals surface area contributed by atoms with Crippen molar-refractivity contribution in [3.63, 3.8) is 0 Å². The van der Waals surface area contributed by atoms with Crippen LogP contribution in [0.3, 0.4) is 0 Å². The maximum atomic E-state index is 13.2. The van der Waals surface area contributed by atoms with Gasteiger partial charge in [0.25, 0.3) is 5.91 Å². The SMILES string of the molecule is COc1ccc(OC)c2sc(NC(=O)c3ccc(S(=O)(=O)N4CCc5ccccc5C4)cc3)nc12. The Morgan fingerprint density at radius 1 is 0.971 bits per heavy atom. The molecular formula is C25H23N3O5S2. The van der Waals surface area contributed by atoms with Crippen molar-refractivity contribution in [2.24, 2.45) is 0 Å². The van der Waals surface area contributed by atoms with E-state index in [0.29, 0.717) is 47.2 Å². The van der Waals surface area contributed by atoms with Crippen molar-refractivity contribution in [2.45, 2.75) is 17.9 Å². The van der Waals surface area contributed by atoms with Crippen molar-refractivity contribution < 1.29 is 22.7 Å². The van der Waals surface area contributed by atoms with Gasteiger partial charge in [0, 0.05) is 18.7 Å². The first-order valence-corrected chi connectivity index (χ1v) is 13.2. The van der Waals surface area contributed by atoms with Gasteiger partial charge in [0.1, 0.15) is 21.7 Å². The van der Waals surface area contributed by atoms with Crippen LogP contribution in [0.4, 0.5) is 5.13 Å². The fraction of sp³-hybridized carbons (Fsp3) is 0.200. The number of benzene rings is 3. The van der Waals surface area contributed by atoms with Gasteiger partial charge in [-0.3, -0.25) is 10.1 Å². The second-order valence-electron chi connectivity index (χ2n) is 8.00. The van der Waals surface area contributed by atoms with E-state index in [1.165, 1.54) is 45.5 Å². The lowest BCUT2D eigenvalue weighted by atomic mass is 10.0. The molecule has 1 aromatic heterocycles. The third-order valence-corrected chi connectivity index (χ3v) is 8.83. The van der Waals surface area contributed by atoms with Crippen LogP contribution >= 0.6 is 11.3 Å². The number of carbonyl (C=O) groups excluding carboxylic acids is 1. The Hall–Kier alpha value is -3.47. The van der Waals surface area contributed by atoms with E-state index >= 15 is 0 Å². The molecule has 5 rings (SSSR count). The summed E-state index contributed by atoms with van der Waals surface area (Å²) in [6.07, 6.45) is 0.674. The van der Waals surface area contributed by atoms with Gasteiger partial charge in [-0.25, -0.2) is 13.4 Å². The van der Waals surface area contributed by atoms with Crippen LogP contribution in [0, 0.1) is 0 Å². The van der Waals surface area contributed by atoms with E-state index < -0.39 is 15.9 Å². The molecule has 0 saturated heterocycles. The van der Waals surface area contributed by atoms with Crippen LogP contribution in [0.2, 0.25) is 0 Å². The van der Waals surface area contributed by atoms with Crippen molar-refractivity contribution >= 4 is 42.6 Å². The van der Waals surface area contributed by atoms with Gasteiger partial charge in [-0.1, -0.05) is 35.6 Å². The summed E-state index contributed by atoms with van der Waals surface area (Å²) < 4.78 is 39.3. The molecule has 8 nitrogen and oxygen atoms in total. The zero-order valence-corrected chi connectivity index (χ0v) is 20.8. The average molecular weight is 510 g/mol. The maximum absolute atomic E-state index is 13.2. The highest BCUT2D eigenvalue weighted by Crippen LogP contribution is 2.39. The van der Waals surface area contributed by atoms with Crippen LogP contribution in [-0.4, -0.2) is 44.4 Å². The molecule has 0 unspecified atom stereocenters. The van der Waals surface area contributed by atoms with E-state index in [-0.39, 0.29) is 4.90 Å². The number of methoxy groups -OCH3 is 2. The lowest BCUT2D eigenvalue weighted by Crippen LogP contribution is -2.35. The van der Waals surface area contributed by atoms with Crippen LogP contribution < -0.4 is 14.8 Å². The predicted octanol–water partition coefficient (Wildman–Crippen LogP) is 4.31. The lowest BCUT2D eigenvalue weighted by Gasteiger charge is -2.28. The fourth-order valence-corrected chi connectivity index (χ4v) is 6.50. The monoisotopic (exact) mass is 509 g/mol. The number of sulfonamides is 1. The van der Waals surface area contributed by atoms with Crippen molar-refractivity contribution in [2.75, 3.05) is 26.1 Å². The van der Waals surface area contributed by atoms with Crippen molar-refractivity contribution in [1.29, 1.82) is 0 Å². The molecule has 3 aromatic carbocycles. The Kier molecular flexibility index (Phi) is 6.18. The van der Waals surface area contributed by atoms with Gasteiger partial charge in [0.15, 0.2) is 5.13 Å². The molecule has 4 aromatic rings. The molecular weight excluding hydrogens is 486 g/mol. The normalized spacial score (nSPS) is 13.9. The molecule has 0 saturated carbocycles. The van der Waals surface area contributed by atoms with Crippen molar-refractivity contribution in [1.82, 2.24) is 9.29 Å². The van der Waals surface area contributed by atoms with E-state index in [2.05, 4.69) is 10.3 Å². The van der Waals surface area contributed by atoms with E-state index in [4.69, 9.17) is 9.47 Å². The number of amides is 1. The van der Waals surface area contributed by atoms with E-state index in [1.54, 1.807) is 26.4 Å². The average Bonchev–Trinajstić information content (AvgIpc) is 3.31. The number of aromatic nitrogens is 1. The minimum Gasteiger partial charge on any atom is -0.495 e. The summed E-state index contributed by atoms with van der Waals surface area (Å²) in [5.41, 5.74) is 3.11. The number of nitrogens with zero attached hydrogens (tertiary/aromatic N) is 2. The zero-order chi connectivity index (χ0) is 24.6. The van der Waals surface area contributed by atoms with Crippen LogP contribution in [0.15, 0.2) is 65.6 Å². The standard InChI is InChI=1S/C25H23N3O5S2/c1-32-20-11-12-21(33-2)23-22(20)26-25(34-23)27-24(29)17-7-9-19(10-8-17)35(30,31)28-14-13-16-5-3-4-6-18(16)15-28/h3-12H,13-15H2,1-2H3,(H,26,27,29). The van der Waals surface area contributed by atoms with Gasteiger partial charge in [-0.2, -0.15) is 4.31 Å². The topological polar surface area (TPSA) is 97.8 Å². The van der Waals surface area contributed by atoms with Gasteiger partial charge in [0.05, 0.1) is 19.1 Å². The largest absolute Gasteiger partial charge is 0.495 e. The maximum Gasteiger partial charge on any atom is 0.257 e. The summed E-state index contributed by atoms with van der Waals surface area (Å²) in [6.45, 7) is 0.761. The molecule has 1 amide bonds.